The third-order valence-electron chi connectivity index (χ3n) is 6.84. The van der Waals surface area contributed by atoms with Gasteiger partial charge in [-0.2, -0.15) is 0 Å². The maximum absolute atomic E-state index is 13.4. The number of carbonyl (C=O) groups is 7. The summed E-state index contributed by atoms with van der Waals surface area (Å²) < 4.78 is 0. The van der Waals surface area contributed by atoms with Crippen molar-refractivity contribution >= 4 is 47.4 Å². The molecule has 0 aliphatic carbocycles. The number of aromatic amines is 1. The van der Waals surface area contributed by atoms with Crippen LogP contribution in [0.3, 0.4) is 0 Å². The highest BCUT2D eigenvalue weighted by Gasteiger charge is 2.31. The van der Waals surface area contributed by atoms with Gasteiger partial charge in [-0.15, -0.1) is 0 Å². The lowest BCUT2D eigenvalue weighted by molar-refractivity contribution is -0.138. The number of aliphatic carboxylic acids is 1. The fourth-order valence-corrected chi connectivity index (χ4v) is 4.14. The molecule has 1 heterocycles. The number of primary amides is 1. The molecule has 0 spiro atoms. The van der Waals surface area contributed by atoms with Crippen LogP contribution < -0.4 is 49.1 Å². The maximum atomic E-state index is 13.4. The zero-order valence-electron chi connectivity index (χ0n) is 26.9. The monoisotopic (exact) mass is 698 g/mol. The van der Waals surface area contributed by atoms with Gasteiger partial charge in [0.2, 0.25) is 35.4 Å². The number of carbonyl (C=O) groups excluding carboxylic acids is 6. The number of rotatable bonds is 23. The summed E-state index contributed by atoms with van der Waals surface area (Å²) in [6.45, 7) is 0.177. The molecule has 22 heteroatoms. The fraction of sp³-hybridized carbons (Fsp3) is 0.593. The maximum Gasteiger partial charge on any atom is 0.303 e. The molecule has 0 bridgehead atoms. The standard InChI is InChI=1S/C27H46N12O10/c1-13(41)21(28)26(49)34-11-19(42)36-16(4-5-20(43)44)23(46)38-17(6-8-40)24(47)39-18(9-14-10-32-12-35-14)25(48)37-15(22(29)45)3-2-7-33-27(30)31/h10,12-13,15-18,21,40-41H,2-9,11,28H2,1H3,(H2,29,45)(H,32,35)(H,34,49)(H,36,42)(H,37,48)(H,38,46)(H,39,47)(H,43,44)(H4,30,31,33). The molecule has 0 aliphatic heterocycles. The second-order valence-corrected chi connectivity index (χ2v) is 10.9. The largest absolute Gasteiger partial charge is 0.481 e. The third kappa shape index (κ3) is 16.4. The van der Waals surface area contributed by atoms with Gasteiger partial charge in [-0.25, -0.2) is 4.98 Å². The Morgan fingerprint density at radius 2 is 1.47 bits per heavy atom. The van der Waals surface area contributed by atoms with E-state index in [0.29, 0.717) is 5.69 Å². The van der Waals surface area contributed by atoms with E-state index >= 15 is 0 Å². The Balaban J connectivity index is 3.09. The van der Waals surface area contributed by atoms with E-state index in [-0.39, 0.29) is 38.2 Å². The van der Waals surface area contributed by atoms with Crippen LogP contribution in [0.5, 0.6) is 0 Å². The minimum Gasteiger partial charge on any atom is -0.481 e. The predicted molar refractivity (Wildman–Crippen MR) is 170 cm³/mol. The molecule has 49 heavy (non-hydrogen) atoms. The number of amides is 6. The van der Waals surface area contributed by atoms with Gasteiger partial charge in [0.15, 0.2) is 5.96 Å². The molecule has 1 aromatic heterocycles. The van der Waals surface area contributed by atoms with E-state index in [4.69, 9.17) is 27.7 Å². The first-order valence-electron chi connectivity index (χ1n) is 15.1. The van der Waals surface area contributed by atoms with Crippen LogP contribution in [0, 0.1) is 5.41 Å². The first kappa shape index (κ1) is 41.7. The Morgan fingerprint density at radius 1 is 0.878 bits per heavy atom. The van der Waals surface area contributed by atoms with Gasteiger partial charge in [-0.1, -0.05) is 0 Å². The average molecular weight is 699 g/mol. The van der Waals surface area contributed by atoms with Crippen LogP contribution in [0.15, 0.2) is 12.5 Å². The smallest absolute Gasteiger partial charge is 0.303 e. The molecule has 6 atom stereocenters. The number of aliphatic hydroxyl groups is 2. The molecule has 17 N–H and O–H groups in total. The van der Waals surface area contributed by atoms with E-state index < -0.39 is 104 Å². The number of nitrogens with zero attached hydrogens (tertiary/aromatic N) is 1. The molecule has 6 unspecified atom stereocenters. The summed E-state index contributed by atoms with van der Waals surface area (Å²) in [6, 6.07) is -6.89. The Hall–Kier alpha value is -5.35. The molecular formula is C27H46N12O10. The predicted octanol–water partition coefficient (Wildman–Crippen LogP) is -6.29. The van der Waals surface area contributed by atoms with Gasteiger partial charge in [0.25, 0.3) is 0 Å². The number of guanidine groups is 1. The van der Waals surface area contributed by atoms with Gasteiger partial charge in [-0.05, 0) is 32.6 Å². The topological polar surface area (TPSA) is 383 Å². The van der Waals surface area contributed by atoms with Gasteiger partial charge < -0.3 is 69.4 Å². The van der Waals surface area contributed by atoms with Crippen LogP contribution >= 0.6 is 0 Å². The summed E-state index contributed by atoms with van der Waals surface area (Å²) >= 11 is 0. The molecule has 22 nitrogen and oxygen atoms in total. The molecule has 6 amide bonds. The van der Waals surface area contributed by atoms with Crippen molar-refractivity contribution in [3.63, 3.8) is 0 Å². The van der Waals surface area contributed by atoms with E-state index in [1.54, 1.807) is 0 Å². The van der Waals surface area contributed by atoms with Crippen molar-refractivity contribution in [1.82, 2.24) is 41.9 Å². The summed E-state index contributed by atoms with van der Waals surface area (Å²) in [5.74, 6) is -7.05. The van der Waals surface area contributed by atoms with Gasteiger partial charge in [0.1, 0.15) is 30.2 Å². The van der Waals surface area contributed by atoms with Crippen molar-refractivity contribution < 1.29 is 48.9 Å². The molecule has 1 rings (SSSR count). The van der Waals surface area contributed by atoms with Crippen LogP contribution in [0.4, 0.5) is 0 Å². The number of H-pyrrole nitrogens is 1. The minimum absolute atomic E-state index is 0.0636. The van der Waals surface area contributed by atoms with Crippen LogP contribution in [0.2, 0.25) is 0 Å². The minimum atomic E-state index is -1.52. The zero-order valence-corrected chi connectivity index (χ0v) is 26.9. The second-order valence-electron chi connectivity index (χ2n) is 10.9. The highest BCUT2D eigenvalue weighted by Crippen LogP contribution is 2.06. The number of nitrogens with one attached hydrogen (secondary N) is 8. The van der Waals surface area contributed by atoms with Gasteiger partial charge in [0.05, 0.1) is 24.7 Å². The van der Waals surface area contributed by atoms with E-state index in [1.165, 1.54) is 19.4 Å². The number of hydrogen-bond acceptors (Lipinski definition) is 12. The first-order chi connectivity index (χ1) is 23.0. The molecule has 0 fully saturated rings. The number of carboxylic acid groups (broad SMARTS) is 1. The van der Waals surface area contributed by atoms with E-state index in [2.05, 4.69) is 41.9 Å². The molecule has 1 aromatic rings. The van der Waals surface area contributed by atoms with E-state index in [1.807, 2.05) is 0 Å². The Kier molecular flexibility index (Phi) is 18.3. The van der Waals surface area contributed by atoms with E-state index in [0.717, 1.165) is 0 Å². The van der Waals surface area contributed by atoms with Gasteiger partial charge in [-0.3, -0.25) is 39.0 Å². The fourth-order valence-electron chi connectivity index (χ4n) is 4.14. The zero-order chi connectivity index (χ0) is 37.1. The summed E-state index contributed by atoms with van der Waals surface area (Å²) in [5, 5.41) is 49.6. The highest BCUT2D eigenvalue weighted by atomic mass is 16.4. The molecular weight excluding hydrogens is 652 g/mol. The molecule has 0 saturated carbocycles. The molecule has 0 aliphatic rings. The van der Waals surface area contributed by atoms with Gasteiger partial charge >= 0.3 is 5.97 Å². The number of carboxylic acids is 1. The third-order valence-corrected chi connectivity index (χ3v) is 6.84. The van der Waals surface area contributed by atoms with Crippen molar-refractivity contribution in [3.8, 4) is 0 Å². The lowest BCUT2D eigenvalue weighted by Crippen LogP contribution is -2.59. The van der Waals surface area contributed by atoms with Crippen LogP contribution in [0.1, 0.15) is 44.7 Å². The summed E-state index contributed by atoms with van der Waals surface area (Å²) in [6.07, 6.45) is 0.358. The van der Waals surface area contributed by atoms with Crippen molar-refractivity contribution in [2.75, 3.05) is 19.7 Å². The van der Waals surface area contributed by atoms with E-state index in [9.17, 15) is 43.8 Å². The Labute approximate surface area is 280 Å². The number of imidazole rings is 1. The number of aliphatic hydroxyl groups excluding tert-OH is 2. The summed E-state index contributed by atoms with van der Waals surface area (Å²) in [5.41, 5.74) is 16.5. The SMILES string of the molecule is CC(O)C(N)C(=O)NCC(=O)NC(CCC(=O)O)C(=O)NC(CCO)C(=O)NC(Cc1c[nH]cn1)C(=O)NC(CCCNC(=N)N)C(N)=O. The van der Waals surface area contributed by atoms with Crippen molar-refractivity contribution in [2.24, 2.45) is 17.2 Å². The van der Waals surface area contributed by atoms with Gasteiger partial charge in [0, 0.05) is 32.2 Å². The first-order valence-corrected chi connectivity index (χ1v) is 15.1. The lowest BCUT2D eigenvalue weighted by atomic mass is 10.1. The van der Waals surface area contributed by atoms with Crippen LogP contribution in [-0.2, 0) is 40.0 Å². The normalized spacial score (nSPS) is 14.4. The molecule has 0 aromatic carbocycles. The van der Waals surface area contributed by atoms with Crippen molar-refractivity contribution in [3.05, 3.63) is 18.2 Å². The molecule has 274 valence electrons. The summed E-state index contributed by atoms with van der Waals surface area (Å²) in [4.78, 5) is 94.3. The number of aromatic nitrogens is 2. The average Bonchev–Trinajstić information content (AvgIpc) is 3.54. The number of nitrogens with two attached hydrogens (primary N) is 3. The highest BCUT2D eigenvalue weighted by molar-refractivity contribution is 5.96. The van der Waals surface area contributed by atoms with Crippen LogP contribution in [0.25, 0.3) is 0 Å². The number of hydrogen-bond donors (Lipinski definition) is 14. The summed E-state index contributed by atoms with van der Waals surface area (Å²) in [7, 11) is 0. The van der Waals surface area contributed by atoms with Crippen molar-refractivity contribution in [1.29, 1.82) is 5.41 Å². The van der Waals surface area contributed by atoms with Crippen LogP contribution in [-0.4, -0.2) is 129 Å². The quantitative estimate of drug-likeness (QED) is 0.0287. The Morgan fingerprint density at radius 3 is 2.00 bits per heavy atom. The Bertz CT molecular complexity index is 1290. The second kappa shape index (κ2) is 21.5. The molecule has 0 saturated heterocycles. The molecule has 0 radical (unpaired) electrons. The lowest BCUT2D eigenvalue weighted by Gasteiger charge is -2.26. The van der Waals surface area contributed by atoms with Crippen molar-refractivity contribution in [2.45, 2.75) is 81.8 Å².